The number of anilines is 2. The number of nitrogens with zero attached hydrogens (tertiary/aromatic N) is 2. The summed E-state index contributed by atoms with van der Waals surface area (Å²) < 4.78 is 5.57. The molecule has 0 aliphatic carbocycles. The van der Waals surface area contributed by atoms with E-state index >= 15 is 0 Å². The van der Waals surface area contributed by atoms with Crippen LogP contribution in [0.3, 0.4) is 0 Å². The summed E-state index contributed by atoms with van der Waals surface area (Å²) in [6.07, 6.45) is 3.76. The average molecular weight is 359 g/mol. The Hall–Kier alpha value is -2.08. The van der Waals surface area contributed by atoms with Crippen molar-refractivity contribution in [2.45, 2.75) is 40.0 Å². The molecular formula is C20H29N3O3. The molecule has 26 heavy (non-hydrogen) atoms. The van der Waals surface area contributed by atoms with Crippen LogP contribution in [0, 0.1) is 5.41 Å². The Bertz CT molecular complexity index is 675. The maximum atomic E-state index is 12.4. The van der Waals surface area contributed by atoms with Gasteiger partial charge >= 0.3 is 0 Å². The minimum Gasteiger partial charge on any atom is -0.482 e. The van der Waals surface area contributed by atoms with Crippen LogP contribution >= 0.6 is 0 Å². The first-order valence-electron chi connectivity index (χ1n) is 9.45. The van der Waals surface area contributed by atoms with Gasteiger partial charge in [0.15, 0.2) is 6.61 Å². The smallest absolute Gasteiger partial charge is 0.265 e. The van der Waals surface area contributed by atoms with Crippen molar-refractivity contribution < 1.29 is 14.3 Å². The van der Waals surface area contributed by atoms with Crippen molar-refractivity contribution in [2.75, 3.05) is 43.0 Å². The molecule has 2 amide bonds. The number of likely N-dealkylation sites (tertiary alicyclic amines) is 1. The highest BCUT2D eigenvalue weighted by Gasteiger charge is 2.27. The van der Waals surface area contributed by atoms with Gasteiger partial charge in [0.1, 0.15) is 5.75 Å². The second-order valence-corrected chi connectivity index (χ2v) is 8.12. The summed E-state index contributed by atoms with van der Waals surface area (Å²) in [6, 6.07) is 5.49. The van der Waals surface area contributed by atoms with Gasteiger partial charge in [0.05, 0.1) is 5.69 Å². The normalized spacial score (nSPS) is 18.3. The standard InChI is InChI=1S/C20H29N3O3/c1-20(2,3)19(25)21-15-7-8-17-16(13-15)23(18(24)14-26-17)12-11-22-9-5-4-6-10-22/h7-8,13H,4-6,9-12,14H2,1-3H3,(H,21,25). The zero-order valence-corrected chi connectivity index (χ0v) is 16.0. The summed E-state index contributed by atoms with van der Waals surface area (Å²) in [6.45, 7) is 9.41. The molecule has 3 rings (SSSR count). The Balaban J connectivity index is 1.74. The van der Waals surface area contributed by atoms with Gasteiger partial charge in [0.25, 0.3) is 5.91 Å². The van der Waals surface area contributed by atoms with Crippen LogP contribution in [-0.4, -0.2) is 49.5 Å². The highest BCUT2D eigenvalue weighted by atomic mass is 16.5. The molecule has 2 aliphatic heterocycles. The molecule has 142 valence electrons. The van der Waals surface area contributed by atoms with E-state index in [1.807, 2.05) is 39.0 Å². The van der Waals surface area contributed by atoms with Crippen molar-refractivity contribution in [2.24, 2.45) is 5.41 Å². The zero-order chi connectivity index (χ0) is 18.7. The van der Waals surface area contributed by atoms with Gasteiger partial charge in [-0.2, -0.15) is 0 Å². The number of amides is 2. The molecule has 6 nitrogen and oxygen atoms in total. The molecule has 2 aliphatic rings. The number of ether oxygens (including phenoxy) is 1. The SMILES string of the molecule is CC(C)(C)C(=O)Nc1ccc2c(c1)N(CCN1CCCCC1)C(=O)CO2. The molecule has 2 heterocycles. The summed E-state index contributed by atoms with van der Waals surface area (Å²) in [4.78, 5) is 28.9. The molecule has 1 aromatic carbocycles. The van der Waals surface area contributed by atoms with Crippen LogP contribution in [0.4, 0.5) is 11.4 Å². The van der Waals surface area contributed by atoms with Crippen molar-refractivity contribution in [3.8, 4) is 5.75 Å². The van der Waals surface area contributed by atoms with E-state index in [9.17, 15) is 9.59 Å². The van der Waals surface area contributed by atoms with Crippen LogP contribution < -0.4 is 15.0 Å². The first kappa shape index (κ1) is 18.7. The predicted octanol–water partition coefficient (Wildman–Crippen LogP) is 2.88. The van der Waals surface area contributed by atoms with Crippen LogP contribution in [0.5, 0.6) is 5.75 Å². The zero-order valence-electron chi connectivity index (χ0n) is 16.0. The molecule has 0 spiro atoms. The lowest BCUT2D eigenvalue weighted by Gasteiger charge is -2.33. The molecule has 0 aromatic heterocycles. The van der Waals surface area contributed by atoms with Gasteiger partial charge in [-0.1, -0.05) is 27.2 Å². The van der Waals surface area contributed by atoms with Gasteiger partial charge in [-0.15, -0.1) is 0 Å². The largest absolute Gasteiger partial charge is 0.482 e. The second-order valence-electron chi connectivity index (χ2n) is 8.12. The Morgan fingerprint density at radius 1 is 1.15 bits per heavy atom. The number of carbonyl (C=O) groups excluding carboxylic acids is 2. The third-order valence-corrected chi connectivity index (χ3v) is 4.93. The minimum absolute atomic E-state index is 0.0335. The van der Waals surface area contributed by atoms with Crippen LogP contribution in [0.15, 0.2) is 18.2 Å². The Morgan fingerprint density at radius 2 is 1.88 bits per heavy atom. The second kappa shape index (κ2) is 7.66. The van der Waals surface area contributed by atoms with Crippen LogP contribution in [0.2, 0.25) is 0 Å². The minimum atomic E-state index is -0.476. The maximum Gasteiger partial charge on any atom is 0.265 e. The summed E-state index contributed by atoms with van der Waals surface area (Å²) in [5.74, 6) is 0.603. The number of carbonyl (C=O) groups is 2. The van der Waals surface area contributed by atoms with E-state index in [2.05, 4.69) is 10.2 Å². The number of hydrogen-bond donors (Lipinski definition) is 1. The monoisotopic (exact) mass is 359 g/mol. The maximum absolute atomic E-state index is 12.4. The fraction of sp³-hybridized carbons (Fsp3) is 0.600. The van der Waals surface area contributed by atoms with Gasteiger partial charge in [0, 0.05) is 24.2 Å². The average Bonchev–Trinajstić information content (AvgIpc) is 2.61. The molecule has 0 bridgehead atoms. The number of nitrogens with one attached hydrogen (secondary N) is 1. The molecule has 6 heteroatoms. The Kier molecular flexibility index (Phi) is 5.51. The van der Waals surface area contributed by atoms with E-state index in [0.717, 1.165) is 25.3 Å². The summed E-state index contributed by atoms with van der Waals surface area (Å²) in [5, 5.41) is 2.93. The molecule has 0 atom stereocenters. The van der Waals surface area contributed by atoms with Crippen molar-refractivity contribution in [3.05, 3.63) is 18.2 Å². The number of hydrogen-bond acceptors (Lipinski definition) is 4. The lowest BCUT2D eigenvalue weighted by molar-refractivity contribution is -0.123. The third kappa shape index (κ3) is 4.36. The van der Waals surface area contributed by atoms with Gasteiger partial charge < -0.3 is 19.9 Å². The van der Waals surface area contributed by atoms with Gasteiger partial charge in [-0.25, -0.2) is 0 Å². The molecule has 1 fully saturated rings. The van der Waals surface area contributed by atoms with Gasteiger partial charge in [0.2, 0.25) is 5.91 Å². The lowest BCUT2D eigenvalue weighted by atomic mass is 9.95. The summed E-state index contributed by atoms with van der Waals surface area (Å²) in [7, 11) is 0. The van der Waals surface area contributed by atoms with E-state index in [4.69, 9.17) is 4.74 Å². The molecule has 1 aromatic rings. The quantitative estimate of drug-likeness (QED) is 0.898. The summed E-state index contributed by atoms with van der Waals surface area (Å²) >= 11 is 0. The molecule has 0 radical (unpaired) electrons. The van der Waals surface area contributed by atoms with Crippen LogP contribution in [-0.2, 0) is 9.59 Å². The number of fused-ring (bicyclic) bond motifs is 1. The summed E-state index contributed by atoms with van der Waals surface area (Å²) in [5.41, 5.74) is 0.950. The first-order chi connectivity index (χ1) is 12.3. The van der Waals surface area contributed by atoms with E-state index in [-0.39, 0.29) is 18.4 Å². The number of rotatable bonds is 4. The van der Waals surface area contributed by atoms with Gasteiger partial charge in [-0.3, -0.25) is 9.59 Å². The highest BCUT2D eigenvalue weighted by molar-refractivity contribution is 6.00. The third-order valence-electron chi connectivity index (χ3n) is 4.93. The van der Waals surface area contributed by atoms with Crippen LogP contribution in [0.1, 0.15) is 40.0 Å². The van der Waals surface area contributed by atoms with E-state index in [1.54, 1.807) is 4.90 Å². The fourth-order valence-electron chi connectivity index (χ4n) is 3.27. The van der Waals surface area contributed by atoms with E-state index in [1.165, 1.54) is 19.3 Å². The fourth-order valence-corrected chi connectivity index (χ4v) is 3.27. The van der Waals surface area contributed by atoms with Crippen molar-refractivity contribution in [1.82, 2.24) is 4.90 Å². The Morgan fingerprint density at radius 3 is 2.58 bits per heavy atom. The number of benzene rings is 1. The van der Waals surface area contributed by atoms with Gasteiger partial charge in [-0.05, 0) is 44.1 Å². The Labute approximate surface area is 155 Å². The van der Waals surface area contributed by atoms with Crippen LogP contribution in [0.25, 0.3) is 0 Å². The molecule has 1 N–H and O–H groups in total. The number of piperidine rings is 1. The highest BCUT2D eigenvalue weighted by Crippen LogP contribution is 2.35. The molecule has 1 saturated heterocycles. The van der Waals surface area contributed by atoms with Crippen molar-refractivity contribution in [3.63, 3.8) is 0 Å². The van der Waals surface area contributed by atoms with E-state index in [0.29, 0.717) is 18.0 Å². The predicted molar refractivity (Wildman–Crippen MR) is 103 cm³/mol. The van der Waals surface area contributed by atoms with Crippen molar-refractivity contribution >= 4 is 23.2 Å². The molecule has 0 unspecified atom stereocenters. The first-order valence-corrected chi connectivity index (χ1v) is 9.45. The lowest BCUT2D eigenvalue weighted by Crippen LogP contribution is -2.44. The topological polar surface area (TPSA) is 61.9 Å². The van der Waals surface area contributed by atoms with Crippen molar-refractivity contribution in [1.29, 1.82) is 0 Å². The molecule has 0 saturated carbocycles. The molecular weight excluding hydrogens is 330 g/mol. The van der Waals surface area contributed by atoms with E-state index < -0.39 is 5.41 Å².